The second-order valence-electron chi connectivity index (χ2n) is 5.21. The van der Waals surface area contributed by atoms with Crippen molar-refractivity contribution in [3.05, 3.63) is 21.9 Å². The zero-order valence-corrected chi connectivity index (χ0v) is 12.8. The van der Waals surface area contributed by atoms with E-state index < -0.39 is 5.97 Å². The van der Waals surface area contributed by atoms with E-state index in [-0.39, 0.29) is 10.8 Å². The molecule has 1 aliphatic carbocycles. The molecule has 2 rings (SSSR count). The fraction of sp³-hybridized carbons (Fsp3) is 0.600. The summed E-state index contributed by atoms with van der Waals surface area (Å²) in [5.74, 6) is -1.24. The predicted octanol–water partition coefficient (Wildman–Crippen LogP) is 2.92. The minimum absolute atomic E-state index is 0.176. The molecular weight excluding hydrogens is 290 g/mol. The highest BCUT2D eigenvalue weighted by molar-refractivity contribution is 7.15. The van der Waals surface area contributed by atoms with Gasteiger partial charge in [0.25, 0.3) is 5.91 Å². The van der Waals surface area contributed by atoms with Gasteiger partial charge in [-0.3, -0.25) is 4.79 Å². The lowest BCUT2D eigenvalue weighted by molar-refractivity contribution is 0.0442. The van der Waals surface area contributed by atoms with Gasteiger partial charge in [0.2, 0.25) is 0 Å². The zero-order chi connectivity index (χ0) is 15.1. The van der Waals surface area contributed by atoms with E-state index in [9.17, 15) is 9.59 Å². The summed E-state index contributed by atoms with van der Waals surface area (Å²) in [7, 11) is 0. The number of carboxylic acid groups (broad SMARTS) is 1. The van der Waals surface area contributed by atoms with Crippen LogP contribution in [0.3, 0.4) is 0 Å². The number of amides is 1. The van der Waals surface area contributed by atoms with Crippen molar-refractivity contribution < 1.29 is 19.4 Å². The lowest BCUT2D eigenvalue weighted by atomic mass is 10.1. The van der Waals surface area contributed by atoms with Crippen molar-refractivity contribution in [1.29, 1.82) is 0 Å². The Morgan fingerprint density at radius 3 is 2.48 bits per heavy atom. The van der Waals surface area contributed by atoms with Crippen molar-refractivity contribution in [2.24, 2.45) is 0 Å². The molecular formula is C15H21NO4S. The lowest BCUT2D eigenvalue weighted by Crippen LogP contribution is -2.28. The Labute approximate surface area is 128 Å². The van der Waals surface area contributed by atoms with E-state index >= 15 is 0 Å². The molecule has 0 aromatic carbocycles. The Kier molecular flexibility index (Phi) is 6.20. The van der Waals surface area contributed by atoms with E-state index in [1.54, 1.807) is 0 Å². The number of nitrogens with one attached hydrogen (secondary N) is 1. The summed E-state index contributed by atoms with van der Waals surface area (Å²) in [6.07, 6.45) is 7.59. The third kappa shape index (κ3) is 5.13. The number of hydrogen-bond donors (Lipinski definition) is 2. The summed E-state index contributed by atoms with van der Waals surface area (Å²) < 4.78 is 5.79. The molecule has 1 amide bonds. The summed E-state index contributed by atoms with van der Waals surface area (Å²) in [6, 6.07) is 2.99. The van der Waals surface area contributed by atoms with Gasteiger partial charge in [0.1, 0.15) is 4.88 Å². The van der Waals surface area contributed by atoms with Gasteiger partial charge in [-0.05, 0) is 25.0 Å². The standard InChI is InChI=1S/C15H21NO4S/c17-14(12-7-8-13(21-12)15(18)19)16-9-10-20-11-5-3-1-2-4-6-11/h7-8,11H,1-6,9-10H2,(H,16,17)(H,18,19). The van der Waals surface area contributed by atoms with E-state index in [2.05, 4.69) is 5.32 Å². The number of aromatic carboxylic acids is 1. The summed E-state index contributed by atoms with van der Waals surface area (Å²) in [4.78, 5) is 23.2. The van der Waals surface area contributed by atoms with E-state index in [1.165, 1.54) is 37.8 Å². The number of rotatable bonds is 6. The van der Waals surface area contributed by atoms with Crippen molar-refractivity contribution in [1.82, 2.24) is 5.32 Å². The van der Waals surface area contributed by atoms with E-state index in [0.29, 0.717) is 24.1 Å². The van der Waals surface area contributed by atoms with Crippen LogP contribution in [0.2, 0.25) is 0 Å². The van der Waals surface area contributed by atoms with Crippen LogP contribution in [0.5, 0.6) is 0 Å². The quantitative estimate of drug-likeness (QED) is 0.625. The monoisotopic (exact) mass is 311 g/mol. The van der Waals surface area contributed by atoms with Crippen LogP contribution >= 0.6 is 11.3 Å². The molecule has 1 saturated carbocycles. The lowest BCUT2D eigenvalue weighted by Gasteiger charge is -2.15. The normalized spacial score (nSPS) is 16.4. The summed E-state index contributed by atoms with van der Waals surface area (Å²) in [5.41, 5.74) is 0. The molecule has 5 nitrogen and oxygen atoms in total. The molecule has 1 aliphatic rings. The van der Waals surface area contributed by atoms with Gasteiger partial charge in [0.15, 0.2) is 0 Å². The minimum Gasteiger partial charge on any atom is -0.477 e. The third-order valence-corrected chi connectivity index (χ3v) is 4.66. The van der Waals surface area contributed by atoms with Crippen LogP contribution in [0.25, 0.3) is 0 Å². The molecule has 0 saturated heterocycles. The third-order valence-electron chi connectivity index (χ3n) is 3.58. The average Bonchev–Trinajstić information content (AvgIpc) is 2.82. The molecule has 0 atom stereocenters. The Morgan fingerprint density at radius 2 is 1.86 bits per heavy atom. The number of thiophene rings is 1. The number of carboxylic acids is 1. The molecule has 6 heteroatoms. The van der Waals surface area contributed by atoms with Crippen molar-refractivity contribution in [3.8, 4) is 0 Å². The van der Waals surface area contributed by atoms with Gasteiger partial charge < -0.3 is 15.2 Å². The highest BCUT2D eigenvalue weighted by atomic mass is 32.1. The first-order chi connectivity index (χ1) is 10.2. The van der Waals surface area contributed by atoms with Crippen LogP contribution < -0.4 is 5.32 Å². The molecule has 0 spiro atoms. The Morgan fingerprint density at radius 1 is 1.19 bits per heavy atom. The largest absolute Gasteiger partial charge is 0.477 e. The number of carbonyl (C=O) groups is 2. The van der Waals surface area contributed by atoms with Crippen LogP contribution in [0.4, 0.5) is 0 Å². The van der Waals surface area contributed by atoms with Crippen molar-refractivity contribution in [2.75, 3.05) is 13.2 Å². The van der Waals surface area contributed by atoms with Crippen molar-refractivity contribution >= 4 is 23.2 Å². The predicted molar refractivity (Wildman–Crippen MR) is 81.1 cm³/mol. The van der Waals surface area contributed by atoms with E-state index in [4.69, 9.17) is 9.84 Å². The summed E-state index contributed by atoms with van der Waals surface area (Å²) in [5, 5.41) is 11.6. The van der Waals surface area contributed by atoms with Gasteiger partial charge in [-0.25, -0.2) is 4.79 Å². The maximum atomic E-state index is 11.8. The van der Waals surface area contributed by atoms with Gasteiger partial charge in [0.05, 0.1) is 17.6 Å². The molecule has 21 heavy (non-hydrogen) atoms. The molecule has 1 aromatic heterocycles. The second kappa shape index (κ2) is 8.14. The van der Waals surface area contributed by atoms with Crippen LogP contribution in [-0.2, 0) is 4.74 Å². The van der Waals surface area contributed by atoms with Gasteiger partial charge in [-0.15, -0.1) is 11.3 Å². The molecule has 116 valence electrons. The first kappa shape index (κ1) is 16.0. The van der Waals surface area contributed by atoms with Crippen LogP contribution in [0.15, 0.2) is 12.1 Å². The van der Waals surface area contributed by atoms with Gasteiger partial charge in [-0.2, -0.15) is 0 Å². The Balaban J connectivity index is 1.67. The maximum Gasteiger partial charge on any atom is 0.345 e. The number of hydrogen-bond acceptors (Lipinski definition) is 4. The van der Waals surface area contributed by atoms with Gasteiger partial charge in [0, 0.05) is 6.54 Å². The molecule has 0 aliphatic heterocycles. The SMILES string of the molecule is O=C(O)c1ccc(C(=O)NCCOC2CCCCCC2)s1. The molecule has 2 N–H and O–H groups in total. The molecule has 1 fully saturated rings. The average molecular weight is 311 g/mol. The summed E-state index contributed by atoms with van der Waals surface area (Å²) in [6.45, 7) is 0.962. The van der Waals surface area contributed by atoms with Gasteiger partial charge in [-0.1, -0.05) is 25.7 Å². The molecule has 0 unspecified atom stereocenters. The van der Waals surface area contributed by atoms with Crippen LogP contribution in [0, 0.1) is 0 Å². The molecule has 1 aromatic rings. The fourth-order valence-corrected chi connectivity index (χ4v) is 3.22. The first-order valence-corrected chi connectivity index (χ1v) is 8.21. The molecule has 0 radical (unpaired) electrons. The van der Waals surface area contributed by atoms with Crippen LogP contribution in [0.1, 0.15) is 57.9 Å². The summed E-state index contributed by atoms with van der Waals surface area (Å²) >= 11 is 0.986. The first-order valence-electron chi connectivity index (χ1n) is 7.40. The highest BCUT2D eigenvalue weighted by Crippen LogP contribution is 2.19. The Hall–Kier alpha value is -1.40. The smallest absolute Gasteiger partial charge is 0.345 e. The zero-order valence-electron chi connectivity index (χ0n) is 12.0. The Bertz CT molecular complexity index is 478. The number of carbonyl (C=O) groups excluding carboxylic acids is 1. The van der Waals surface area contributed by atoms with E-state index in [0.717, 1.165) is 24.2 Å². The highest BCUT2D eigenvalue weighted by Gasteiger charge is 2.14. The molecule has 0 bridgehead atoms. The maximum absolute atomic E-state index is 11.8. The minimum atomic E-state index is -1.00. The van der Waals surface area contributed by atoms with E-state index in [1.807, 2.05) is 0 Å². The second-order valence-corrected chi connectivity index (χ2v) is 6.29. The topological polar surface area (TPSA) is 75.6 Å². The van der Waals surface area contributed by atoms with Gasteiger partial charge >= 0.3 is 5.97 Å². The molecule has 1 heterocycles. The fourth-order valence-electron chi connectivity index (χ4n) is 2.46. The van der Waals surface area contributed by atoms with Crippen molar-refractivity contribution in [3.63, 3.8) is 0 Å². The van der Waals surface area contributed by atoms with Crippen LogP contribution in [-0.4, -0.2) is 36.2 Å². The van der Waals surface area contributed by atoms with Crippen molar-refractivity contribution in [2.45, 2.75) is 44.6 Å². The number of ether oxygens (including phenoxy) is 1.